The molecule has 0 saturated heterocycles. The van der Waals surface area contributed by atoms with E-state index in [0.29, 0.717) is 24.1 Å². The quantitative estimate of drug-likeness (QED) is 0.715. The number of nitrogens with two attached hydrogens (primary N) is 1. The molecule has 0 aromatic heterocycles. The van der Waals surface area contributed by atoms with Crippen molar-refractivity contribution < 1.29 is 14.3 Å². The molecule has 4 nitrogen and oxygen atoms in total. The summed E-state index contributed by atoms with van der Waals surface area (Å²) in [4.78, 5) is 12.1. The highest BCUT2D eigenvalue weighted by atomic mass is 19.1. The van der Waals surface area contributed by atoms with Crippen molar-refractivity contribution in [3.05, 3.63) is 29.1 Å². The van der Waals surface area contributed by atoms with Crippen molar-refractivity contribution in [1.82, 2.24) is 5.32 Å². The van der Waals surface area contributed by atoms with Crippen molar-refractivity contribution >= 4 is 11.6 Å². The van der Waals surface area contributed by atoms with Crippen LogP contribution in [0.3, 0.4) is 0 Å². The molecule has 5 heteroatoms. The predicted molar refractivity (Wildman–Crippen MR) is 73.4 cm³/mol. The van der Waals surface area contributed by atoms with Gasteiger partial charge in [0.1, 0.15) is 5.82 Å². The van der Waals surface area contributed by atoms with E-state index in [9.17, 15) is 9.18 Å². The van der Waals surface area contributed by atoms with Crippen molar-refractivity contribution in [2.24, 2.45) is 0 Å². The molecule has 0 heterocycles. The average molecular weight is 268 g/mol. The molecule has 1 atom stereocenters. The molecule has 0 aliphatic heterocycles. The van der Waals surface area contributed by atoms with Gasteiger partial charge in [0.05, 0.1) is 5.56 Å². The molecule has 1 amide bonds. The average Bonchev–Trinajstić information content (AvgIpc) is 2.33. The first-order chi connectivity index (χ1) is 8.83. The lowest BCUT2D eigenvalue weighted by Crippen LogP contribution is -2.46. The standard InChI is InChI=1S/C14H21FN2O2/c1-4-14(3,5-6-18)17-13(19)11-8-10(16)7-9(2)12(11)15/h7-8,18H,4-6,16H2,1-3H3,(H,17,19). The van der Waals surface area contributed by atoms with E-state index in [4.69, 9.17) is 10.8 Å². The molecule has 1 aromatic rings. The normalized spacial score (nSPS) is 13.9. The number of carbonyl (C=O) groups is 1. The minimum atomic E-state index is -0.561. The second-order valence-electron chi connectivity index (χ2n) is 5.04. The van der Waals surface area contributed by atoms with Gasteiger partial charge in [-0.25, -0.2) is 4.39 Å². The fraction of sp³-hybridized carbons (Fsp3) is 0.500. The lowest BCUT2D eigenvalue weighted by atomic mass is 9.94. The number of nitrogens with one attached hydrogen (secondary N) is 1. The van der Waals surface area contributed by atoms with Crippen molar-refractivity contribution in [2.45, 2.75) is 39.2 Å². The van der Waals surface area contributed by atoms with E-state index in [1.165, 1.54) is 12.1 Å². The zero-order chi connectivity index (χ0) is 14.6. The number of rotatable bonds is 5. The number of aliphatic hydroxyl groups excluding tert-OH is 1. The third-order valence-electron chi connectivity index (χ3n) is 3.38. The number of aryl methyl sites for hydroxylation is 1. The molecular formula is C14H21FN2O2. The van der Waals surface area contributed by atoms with Crippen LogP contribution in [0.1, 0.15) is 42.6 Å². The third-order valence-corrected chi connectivity index (χ3v) is 3.38. The van der Waals surface area contributed by atoms with Gasteiger partial charge in [0, 0.05) is 17.8 Å². The van der Waals surface area contributed by atoms with Gasteiger partial charge in [0.25, 0.3) is 5.91 Å². The summed E-state index contributed by atoms with van der Waals surface area (Å²) in [5, 5.41) is 11.8. The lowest BCUT2D eigenvalue weighted by Gasteiger charge is -2.29. The zero-order valence-corrected chi connectivity index (χ0v) is 11.6. The van der Waals surface area contributed by atoms with Crippen molar-refractivity contribution in [2.75, 3.05) is 12.3 Å². The molecule has 0 radical (unpaired) electrons. The molecular weight excluding hydrogens is 247 g/mol. The van der Waals surface area contributed by atoms with Crippen LogP contribution < -0.4 is 11.1 Å². The number of hydrogen-bond acceptors (Lipinski definition) is 3. The SMILES string of the molecule is CCC(C)(CCO)NC(=O)c1cc(N)cc(C)c1F. The number of carbonyl (C=O) groups excluding carboxylic acids is 1. The second-order valence-corrected chi connectivity index (χ2v) is 5.04. The molecule has 0 fully saturated rings. The van der Waals surface area contributed by atoms with Gasteiger partial charge in [-0.3, -0.25) is 4.79 Å². The van der Waals surface area contributed by atoms with E-state index < -0.39 is 17.3 Å². The van der Waals surface area contributed by atoms with Crippen LogP contribution in [0.5, 0.6) is 0 Å². The molecule has 19 heavy (non-hydrogen) atoms. The first-order valence-corrected chi connectivity index (χ1v) is 6.32. The second kappa shape index (κ2) is 6.02. The summed E-state index contributed by atoms with van der Waals surface area (Å²) in [5.74, 6) is -1.07. The maximum absolute atomic E-state index is 13.9. The Hall–Kier alpha value is -1.62. The zero-order valence-electron chi connectivity index (χ0n) is 11.6. The lowest BCUT2D eigenvalue weighted by molar-refractivity contribution is 0.0882. The summed E-state index contributed by atoms with van der Waals surface area (Å²) >= 11 is 0. The van der Waals surface area contributed by atoms with Gasteiger partial charge < -0.3 is 16.2 Å². The maximum atomic E-state index is 13.9. The third kappa shape index (κ3) is 3.67. The summed E-state index contributed by atoms with van der Waals surface area (Å²) in [7, 11) is 0. The molecule has 1 rings (SSSR count). The smallest absolute Gasteiger partial charge is 0.254 e. The number of halogens is 1. The minimum Gasteiger partial charge on any atom is -0.399 e. The number of nitrogen functional groups attached to an aromatic ring is 1. The van der Waals surface area contributed by atoms with Crippen LogP contribution in [0.15, 0.2) is 12.1 Å². The van der Waals surface area contributed by atoms with Crippen molar-refractivity contribution in [1.29, 1.82) is 0 Å². The van der Waals surface area contributed by atoms with Gasteiger partial charge in [-0.2, -0.15) is 0 Å². The number of aliphatic hydroxyl groups is 1. The molecule has 4 N–H and O–H groups in total. The predicted octanol–water partition coefficient (Wildman–Crippen LogP) is 2.00. The largest absolute Gasteiger partial charge is 0.399 e. The number of benzene rings is 1. The van der Waals surface area contributed by atoms with E-state index in [2.05, 4.69) is 5.32 Å². The number of anilines is 1. The first kappa shape index (κ1) is 15.4. The van der Waals surface area contributed by atoms with E-state index >= 15 is 0 Å². The molecule has 0 bridgehead atoms. The van der Waals surface area contributed by atoms with Gasteiger partial charge >= 0.3 is 0 Å². The highest BCUT2D eigenvalue weighted by molar-refractivity contribution is 5.96. The first-order valence-electron chi connectivity index (χ1n) is 6.32. The summed E-state index contributed by atoms with van der Waals surface area (Å²) in [6, 6.07) is 2.81. The van der Waals surface area contributed by atoms with Crippen LogP contribution in [-0.2, 0) is 0 Å². The Kier molecular flexibility index (Phi) is 4.89. The Balaban J connectivity index is 3.01. The minimum absolute atomic E-state index is 0.0386. The topological polar surface area (TPSA) is 75.3 Å². The fourth-order valence-corrected chi connectivity index (χ4v) is 1.88. The summed E-state index contributed by atoms with van der Waals surface area (Å²) < 4.78 is 13.9. The van der Waals surface area contributed by atoms with Crippen LogP contribution in [0, 0.1) is 12.7 Å². The summed E-state index contributed by atoms with van der Waals surface area (Å²) in [6.07, 6.45) is 1.06. The molecule has 0 aliphatic rings. The Labute approximate surface area is 112 Å². The van der Waals surface area contributed by atoms with E-state index in [0.717, 1.165) is 0 Å². The van der Waals surface area contributed by atoms with Gasteiger partial charge in [0.15, 0.2) is 0 Å². The highest BCUT2D eigenvalue weighted by Crippen LogP contribution is 2.20. The Bertz CT molecular complexity index is 477. The van der Waals surface area contributed by atoms with Gasteiger partial charge in [-0.05, 0) is 44.4 Å². The van der Waals surface area contributed by atoms with E-state index in [1.807, 2.05) is 13.8 Å². The molecule has 0 saturated carbocycles. The van der Waals surface area contributed by atoms with Gasteiger partial charge in [-0.1, -0.05) is 6.92 Å². The van der Waals surface area contributed by atoms with Crippen LogP contribution in [0.2, 0.25) is 0 Å². The van der Waals surface area contributed by atoms with Crippen molar-refractivity contribution in [3.8, 4) is 0 Å². The number of hydrogen-bond donors (Lipinski definition) is 3. The Morgan fingerprint density at radius 2 is 2.16 bits per heavy atom. The van der Waals surface area contributed by atoms with Crippen molar-refractivity contribution in [3.63, 3.8) is 0 Å². The van der Waals surface area contributed by atoms with E-state index in [1.54, 1.807) is 6.92 Å². The summed E-state index contributed by atoms with van der Waals surface area (Å²) in [6.45, 7) is 5.24. The fourth-order valence-electron chi connectivity index (χ4n) is 1.88. The summed E-state index contributed by atoms with van der Waals surface area (Å²) in [5.41, 5.74) is 5.71. The monoisotopic (exact) mass is 268 g/mol. The van der Waals surface area contributed by atoms with E-state index in [-0.39, 0.29) is 12.2 Å². The maximum Gasteiger partial charge on any atom is 0.254 e. The molecule has 1 aromatic carbocycles. The Morgan fingerprint density at radius 1 is 1.53 bits per heavy atom. The van der Waals surface area contributed by atoms with Gasteiger partial charge in [0.2, 0.25) is 0 Å². The molecule has 106 valence electrons. The van der Waals surface area contributed by atoms with Crippen LogP contribution >= 0.6 is 0 Å². The Morgan fingerprint density at radius 3 is 2.68 bits per heavy atom. The van der Waals surface area contributed by atoms with Crippen LogP contribution in [-0.4, -0.2) is 23.2 Å². The van der Waals surface area contributed by atoms with Crippen LogP contribution in [0.25, 0.3) is 0 Å². The van der Waals surface area contributed by atoms with Gasteiger partial charge in [-0.15, -0.1) is 0 Å². The van der Waals surface area contributed by atoms with Crippen LogP contribution in [0.4, 0.5) is 10.1 Å². The molecule has 0 spiro atoms. The number of amides is 1. The highest BCUT2D eigenvalue weighted by Gasteiger charge is 2.26. The molecule has 0 aliphatic carbocycles. The molecule has 1 unspecified atom stereocenters.